The minimum absolute atomic E-state index is 0.308. The molecule has 8 aromatic carbocycles. The highest BCUT2D eigenvalue weighted by Gasteiger charge is 2.29. The molecule has 0 heterocycles. The van der Waals surface area contributed by atoms with E-state index in [4.69, 9.17) is 0 Å². The molecule has 0 spiro atoms. The summed E-state index contributed by atoms with van der Waals surface area (Å²) < 4.78 is 0. The SMILES string of the molecule is C=C/C=C\C1=Cc2ccccc2C2CC=C(N(c3ccccc3)c3ccc(-c4ccc(-c5ccc(N(/C(C=C)=C/c6cc7ccccc7cc6/C=C\C=C)c6ccccc6)cc5)cc4)cc3)C=C12. The van der Waals surface area contributed by atoms with E-state index in [0.29, 0.717) is 5.92 Å². The number of hydrogen-bond acceptors (Lipinski definition) is 2. The lowest BCUT2D eigenvalue weighted by Crippen LogP contribution is -2.20. The first kappa shape index (κ1) is 43.2. The van der Waals surface area contributed by atoms with E-state index in [0.717, 1.165) is 57.1 Å². The van der Waals surface area contributed by atoms with Crippen molar-refractivity contribution in [1.29, 1.82) is 0 Å². The van der Waals surface area contributed by atoms with Crippen LogP contribution in [0.15, 0.2) is 285 Å². The maximum absolute atomic E-state index is 4.30. The average molecular weight is 873 g/mol. The molecule has 2 heteroatoms. The fraction of sp³-hybridized carbons (Fsp3) is 0.0303. The zero-order valence-electron chi connectivity index (χ0n) is 38.1. The van der Waals surface area contributed by atoms with Gasteiger partial charge in [0, 0.05) is 40.1 Å². The van der Waals surface area contributed by atoms with Gasteiger partial charge in [-0.2, -0.15) is 0 Å². The summed E-state index contributed by atoms with van der Waals surface area (Å²) in [7, 11) is 0. The second kappa shape index (κ2) is 19.8. The van der Waals surface area contributed by atoms with Crippen molar-refractivity contribution in [2.75, 3.05) is 9.80 Å². The molecule has 0 radical (unpaired) electrons. The summed E-state index contributed by atoms with van der Waals surface area (Å²) >= 11 is 0. The Morgan fingerprint density at radius 3 is 1.60 bits per heavy atom. The molecule has 2 nitrogen and oxygen atoms in total. The lowest BCUT2D eigenvalue weighted by atomic mass is 9.75. The van der Waals surface area contributed by atoms with Crippen molar-refractivity contribution in [3.63, 3.8) is 0 Å². The zero-order chi connectivity index (χ0) is 46.2. The second-order valence-electron chi connectivity index (χ2n) is 17.0. The predicted octanol–water partition coefficient (Wildman–Crippen LogP) is 18.0. The monoisotopic (exact) mass is 872 g/mol. The van der Waals surface area contributed by atoms with Gasteiger partial charge in [-0.05, 0) is 158 Å². The molecule has 1 unspecified atom stereocenters. The molecule has 10 rings (SSSR count). The molecule has 326 valence electrons. The Bertz CT molecular complexity index is 3320. The van der Waals surface area contributed by atoms with E-state index in [-0.39, 0.29) is 0 Å². The number of anilines is 4. The standard InChI is InChI=1S/C66H52N2/c1-4-7-19-54-43-52-21-15-16-22-53(52)44-57(54)46-58(6-3)67(59-24-11-9-12-25-59)61-37-33-50(34-38-61)48-29-31-49(32-30-48)51-35-39-62(40-36-51)68(60-26-13-10-14-27-60)63-41-42-65-64-28-18-17-23-55(64)45-56(20-8-5-2)66(65)47-63/h4-41,43-47,65H,1-3,42H2/b19-7-,20-8-,58-46+. The van der Waals surface area contributed by atoms with Gasteiger partial charge >= 0.3 is 0 Å². The first-order chi connectivity index (χ1) is 33.6. The summed E-state index contributed by atoms with van der Waals surface area (Å²) in [4.78, 5) is 4.65. The molecular formula is C66H52N2. The molecule has 0 N–H and O–H groups in total. The van der Waals surface area contributed by atoms with Crippen molar-refractivity contribution < 1.29 is 0 Å². The Balaban J connectivity index is 0.919. The zero-order valence-corrected chi connectivity index (χ0v) is 38.1. The molecular weight excluding hydrogens is 821 g/mol. The van der Waals surface area contributed by atoms with Gasteiger partial charge in [0.2, 0.25) is 0 Å². The van der Waals surface area contributed by atoms with Crippen LogP contribution in [0.5, 0.6) is 0 Å². The van der Waals surface area contributed by atoms with Crippen LogP contribution in [-0.4, -0.2) is 0 Å². The summed E-state index contributed by atoms with van der Waals surface area (Å²) in [5.74, 6) is 0.308. The number of para-hydroxylation sites is 2. The third-order valence-electron chi connectivity index (χ3n) is 12.9. The van der Waals surface area contributed by atoms with Crippen LogP contribution < -0.4 is 9.80 Å². The first-order valence-corrected chi connectivity index (χ1v) is 23.3. The molecule has 0 saturated carbocycles. The van der Waals surface area contributed by atoms with Crippen LogP contribution >= 0.6 is 0 Å². The van der Waals surface area contributed by atoms with Crippen LogP contribution in [0.2, 0.25) is 0 Å². The van der Waals surface area contributed by atoms with Crippen molar-refractivity contribution in [3.05, 3.63) is 307 Å². The predicted molar refractivity (Wildman–Crippen MR) is 293 cm³/mol. The highest BCUT2D eigenvalue weighted by molar-refractivity contribution is 5.90. The summed E-state index contributed by atoms with van der Waals surface area (Å²) in [5, 5.41) is 2.38. The molecule has 0 aliphatic heterocycles. The van der Waals surface area contributed by atoms with Crippen LogP contribution in [0, 0.1) is 0 Å². The van der Waals surface area contributed by atoms with Gasteiger partial charge in [0.15, 0.2) is 0 Å². The summed E-state index contributed by atoms with van der Waals surface area (Å²) in [5.41, 5.74) is 18.6. The smallest absolute Gasteiger partial charge is 0.0462 e. The van der Waals surface area contributed by atoms with Crippen LogP contribution in [0.1, 0.15) is 34.6 Å². The van der Waals surface area contributed by atoms with Gasteiger partial charge in [-0.15, -0.1) is 0 Å². The molecule has 8 aromatic rings. The molecule has 2 aliphatic carbocycles. The number of benzene rings is 8. The lowest BCUT2D eigenvalue weighted by Gasteiger charge is -2.34. The quantitative estimate of drug-likeness (QED) is 0.100. The third kappa shape index (κ3) is 8.96. The Hall–Kier alpha value is -8.72. The summed E-state index contributed by atoms with van der Waals surface area (Å²) in [6, 6.07) is 69.6. The van der Waals surface area contributed by atoms with Gasteiger partial charge in [-0.3, -0.25) is 0 Å². The van der Waals surface area contributed by atoms with E-state index in [1.165, 1.54) is 49.9 Å². The Kier molecular flexibility index (Phi) is 12.6. The first-order valence-electron chi connectivity index (χ1n) is 23.3. The van der Waals surface area contributed by atoms with Crippen LogP contribution in [0.4, 0.5) is 22.7 Å². The Labute approximate surface area is 401 Å². The minimum Gasteiger partial charge on any atom is -0.311 e. The molecule has 2 aliphatic rings. The molecule has 0 saturated heterocycles. The number of rotatable bonds is 14. The van der Waals surface area contributed by atoms with Crippen molar-refractivity contribution in [2.24, 2.45) is 0 Å². The van der Waals surface area contributed by atoms with E-state index >= 15 is 0 Å². The Morgan fingerprint density at radius 2 is 0.985 bits per heavy atom. The third-order valence-corrected chi connectivity index (χ3v) is 12.9. The summed E-state index contributed by atoms with van der Waals surface area (Å²) in [6.45, 7) is 12.2. The van der Waals surface area contributed by atoms with E-state index in [9.17, 15) is 0 Å². The largest absolute Gasteiger partial charge is 0.311 e. The van der Waals surface area contributed by atoms with Gasteiger partial charge in [-0.1, -0.05) is 196 Å². The fourth-order valence-electron chi connectivity index (χ4n) is 9.55. The molecule has 0 amide bonds. The topological polar surface area (TPSA) is 6.48 Å². The molecule has 1 atom stereocenters. The van der Waals surface area contributed by atoms with Gasteiger partial charge in [0.1, 0.15) is 0 Å². The van der Waals surface area contributed by atoms with Gasteiger partial charge in [0.05, 0.1) is 0 Å². The van der Waals surface area contributed by atoms with Crippen molar-refractivity contribution >= 4 is 51.8 Å². The average Bonchev–Trinajstić information content (AvgIpc) is 3.40. The number of allylic oxidation sites excluding steroid dienone is 10. The van der Waals surface area contributed by atoms with Crippen LogP contribution in [-0.2, 0) is 0 Å². The highest BCUT2D eigenvalue weighted by atomic mass is 15.2. The van der Waals surface area contributed by atoms with E-state index in [1.807, 2.05) is 30.4 Å². The van der Waals surface area contributed by atoms with Gasteiger partial charge < -0.3 is 9.80 Å². The Morgan fingerprint density at radius 1 is 0.485 bits per heavy atom. The molecule has 0 fully saturated rings. The normalized spacial score (nSPS) is 14.4. The second-order valence-corrected chi connectivity index (χ2v) is 17.0. The molecule has 0 bridgehead atoms. The summed E-state index contributed by atoms with van der Waals surface area (Å²) in [6.07, 6.45) is 24.2. The maximum atomic E-state index is 4.30. The number of nitrogens with zero attached hydrogens (tertiary/aromatic N) is 2. The molecule has 0 aromatic heterocycles. The number of fused-ring (bicyclic) bond motifs is 4. The minimum atomic E-state index is 0.308. The van der Waals surface area contributed by atoms with Crippen molar-refractivity contribution in [1.82, 2.24) is 0 Å². The van der Waals surface area contributed by atoms with Gasteiger partial charge in [0.25, 0.3) is 0 Å². The number of hydrogen-bond donors (Lipinski definition) is 0. The van der Waals surface area contributed by atoms with E-state index < -0.39 is 0 Å². The maximum Gasteiger partial charge on any atom is 0.0462 e. The van der Waals surface area contributed by atoms with Crippen molar-refractivity contribution in [3.8, 4) is 22.3 Å². The fourth-order valence-corrected chi connectivity index (χ4v) is 9.55. The van der Waals surface area contributed by atoms with Gasteiger partial charge in [-0.25, -0.2) is 0 Å². The van der Waals surface area contributed by atoms with Crippen LogP contribution in [0.25, 0.3) is 51.3 Å². The highest BCUT2D eigenvalue weighted by Crippen LogP contribution is 2.46. The van der Waals surface area contributed by atoms with E-state index in [1.54, 1.807) is 0 Å². The van der Waals surface area contributed by atoms with E-state index in [2.05, 4.69) is 260 Å². The van der Waals surface area contributed by atoms with Crippen LogP contribution in [0.3, 0.4) is 0 Å². The van der Waals surface area contributed by atoms with Crippen molar-refractivity contribution in [2.45, 2.75) is 12.3 Å². The lowest BCUT2D eigenvalue weighted by molar-refractivity contribution is 0.790. The molecule has 68 heavy (non-hydrogen) atoms.